The molecule has 1 aliphatic rings. The molecule has 33 heavy (non-hydrogen) atoms. The molecule has 4 heterocycles. The summed E-state index contributed by atoms with van der Waals surface area (Å²) in [7, 11) is 3.19. The minimum Gasteiger partial charge on any atom is -0.330 e. The van der Waals surface area contributed by atoms with E-state index in [-0.39, 0.29) is 11.9 Å². The first-order valence-corrected chi connectivity index (χ1v) is 11.2. The van der Waals surface area contributed by atoms with Gasteiger partial charge in [-0.05, 0) is 44.5 Å². The van der Waals surface area contributed by atoms with Crippen molar-refractivity contribution in [2.75, 3.05) is 6.54 Å². The molecular weight excluding hydrogens is 453 g/mol. The highest BCUT2D eigenvalue weighted by molar-refractivity contribution is 7.18. The average Bonchev–Trinajstić information content (AvgIpc) is 3.40. The monoisotopic (exact) mass is 474 g/mol. The van der Waals surface area contributed by atoms with Crippen molar-refractivity contribution in [1.29, 1.82) is 0 Å². The number of carbonyl (C=O) groups is 1. The molecule has 1 amide bonds. The number of amides is 1. The van der Waals surface area contributed by atoms with E-state index in [1.54, 1.807) is 34.0 Å². The molecule has 1 aliphatic heterocycles. The summed E-state index contributed by atoms with van der Waals surface area (Å²) in [5.41, 5.74) is 2.98. The lowest BCUT2D eigenvalue weighted by atomic mass is 9.96. The Bertz CT molecular complexity index is 1400. The van der Waals surface area contributed by atoms with Crippen LogP contribution in [-0.2, 0) is 26.7 Å². The van der Waals surface area contributed by atoms with Crippen molar-refractivity contribution in [1.82, 2.24) is 29.4 Å². The number of hydrogen-bond donors (Lipinski definition) is 0. The van der Waals surface area contributed by atoms with Crippen molar-refractivity contribution in [2.45, 2.75) is 32.5 Å². The van der Waals surface area contributed by atoms with Crippen LogP contribution in [0.5, 0.6) is 0 Å². The quantitative estimate of drug-likeness (QED) is 0.429. The van der Waals surface area contributed by atoms with Crippen LogP contribution in [0, 0.1) is 6.92 Å². The fraction of sp³-hybridized carbons (Fsp3) is 0.364. The molecule has 11 heteroatoms. The van der Waals surface area contributed by atoms with Gasteiger partial charge in [0.1, 0.15) is 0 Å². The van der Waals surface area contributed by atoms with E-state index < -0.39 is 11.9 Å². The van der Waals surface area contributed by atoms with Gasteiger partial charge in [-0.15, -0.1) is 11.3 Å². The smallest absolute Gasteiger partial charge is 0.330 e. The first-order valence-electron chi connectivity index (χ1n) is 10.4. The van der Waals surface area contributed by atoms with Gasteiger partial charge in [0.25, 0.3) is 5.91 Å². The SMILES string of the molecule is Cc1nc2ccc(C(=O)N3CCc4c(nn(C)c4-c4cc(C(F)(F)F)nn4C)[C@@H]3C)cc2s1. The highest BCUT2D eigenvalue weighted by atomic mass is 32.1. The van der Waals surface area contributed by atoms with Gasteiger partial charge in [0.15, 0.2) is 5.69 Å². The Morgan fingerprint density at radius 3 is 2.61 bits per heavy atom. The zero-order valence-corrected chi connectivity index (χ0v) is 19.3. The number of halogens is 3. The number of hydrogen-bond acceptors (Lipinski definition) is 5. The zero-order valence-electron chi connectivity index (χ0n) is 18.4. The molecule has 0 unspecified atom stereocenters. The van der Waals surface area contributed by atoms with Gasteiger partial charge < -0.3 is 4.90 Å². The van der Waals surface area contributed by atoms with Gasteiger partial charge in [-0.25, -0.2) is 4.98 Å². The van der Waals surface area contributed by atoms with E-state index in [1.807, 2.05) is 26.0 Å². The lowest BCUT2D eigenvalue weighted by molar-refractivity contribution is -0.141. The number of fused-ring (bicyclic) bond motifs is 2. The van der Waals surface area contributed by atoms with Gasteiger partial charge in [-0.1, -0.05) is 0 Å². The topological polar surface area (TPSA) is 68.8 Å². The minimum atomic E-state index is -4.52. The molecule has 0 radical (unpaired) electrons. The zero-order chi connectivity index (χ0) is 23.7. The molecule has 1 aromatic carbocycles. The fourth-order valence-corrected chi connectivity index (χ4v) is 5.37. The standard InChI is InChI=1S/C22H21F3N6OS/c1-11-19-14(20(30(4)28-19)16-10-18(22(23,24)25)27-29(16)3)7-8-31(11)21(32)13-5-6-15-17(9-13)33-12(2)26-15/h5-6,9-11H,7-8H2,1-4H3/t11-/m0/s1. The highest BCUT2D eigenvalue weighted by Crippen LogP contribution is 2.38. The summed E-state index contributed by atoms with van der Waals surface area (Å²) in [5, 5.41) is 9.17. The van der Waals surface area contributed by atoms with Crippen molar-refractivity contribution < 1.29 is 18.0 Å². The number of thiazole rings is 1. The number of rotatable bonds is 2. The first-order chi connectivity index (χ1) is 15.5. The Kier molecular flexibility index (Phi) is 4.85. The predicted molar refractivity (Wildman–Crippen MR) is 118 cm³/mol. The van der Waals surface area contributed by atoms with Crippen molar-refractivity contribution in [3.63, 3.8) is 0 Å². The van der Waals surface area contributed by atoms with Gasteiger partial charge >= 0.3 is 6.18 Å². The van der Waals surface area contributed by atoms with E-state index in [0.29, 0.717) is 35.6 Å². The molecule has 0 fully saturated rings. The predicted octanol–water partition coefficient (Wildman–Crippen LogP) is 4.52. The molecule has 3 aromatic heterocycles. The van der Waals surface area contributed by atoms with Crippen molar-refractivity contribution in [2.24, 2.45) is 14.1 Å². The molecule has 0 saturated carbocycles. The lowest BCUT2D eigenvalue weighted by Crippen LogP contribution is -2.38. The third-order valence-corrected chi connectivity index (χ3v) is 6.99. The molecular formula is C22H21F3N6OS. The van der Waals surface area contributed by atoms with Crippen LogP contribution in [0.25, 0.3) is 21.6 Å². The Morgan fingerprint density at radius 2 is 1.91 bits per heavy atom. The lowest BCUT2D eigenvalue weighted by Gasteiger charge is -2.33. The fourth-order valence-electron chi connectivity index (χ4n) is 4.51. The van der Waals surface area contributed by atoms with Crippen LogP contribution >= 0.6 is 11.3 Å². The third-order valence-electron chi connectivity index (χ3n) is 6.06. The summed E-state index contributed by atoms with van der Waals surface area (Å²) in [5.74, 6) is -0.104. The molecule has 0 N–H and O–H groups in total. The summed E-state index contributed by atoms with van der Waals surface area (Å²) in [6.45, 7) is 4.26. The number of alkyl halides is 3. The molecule has 1 atom stereocenters. The van der Waals surface area contributed by atoms with E-state index in [4.69, 9.17) is 0 Å². The maximum atomic E-state index is 13.3. The molecule has 5 rings (SSSR count). The van der Waals surface area contributed by atoms with Crippen LogP contribution in [0.3, 0.4) is 0 Å². The highest BCUT2D eigenvalue weighted by Gasteiger charge is 2.37. The molecule has 4 aromatic rings. The van der Waals surface area contributed by atoms with Crippen molar-refractivity contribution in [3.8, 4) is 11.4 Å². The minimum absolute atomic E-state index is 0.104. The van der Waals surface area contributed by atoms with Crippen LogP contribution in [0.4, 0.5) is 13.2 Å². The molecule has 0 spiro atoms. The van der Waals surface area contributed by atoms with Crippen LogP contribution < -0.4 is 0 Å². The van der Waals surface area contributed by atoms with Gasteiger partial charge in [0.05, 0.1) is 38.3 Å². The van der Waals surface area contributed by atoms with Gasteiger partial charge in [0, 0.05) is 31.8 Å². The summed E-state index contributed by atoms with van der Waals surface area (Å²) >= 11 is 1.54. The Balaban J connectivity index is 1.49. The van der Waals surface area contributed by atoms with Gasteiger partial charge in [0.2, 0.25) is 0 Å². The molecule has 172 valence electrons. The number of nitrogens with zero attached hydrogens (tertiary/aromatic N) is 6. The first kappa shape index (κ1) is 21.6. The van der Waals surface area contributed by atoms with Gasteiger partial charge in [-0.2, -0.15) is 23.4 Å². The summed E-state index contributed by atoms with van der Waals surface area (Å²) in [6, 6.07) is 6.22. The van der Waals surface area contributed by atoms with E-state index in [2.05, 4.69) is 15.2 Å². The maximum absolute atomic E-state index is 13.3. The molecule has 0 saturated heterocycles. The second-order valence-electron chi connectivity index (χ2n) is 8.21. The number of benzene rings is 1. The van der Waals surface area contributed by atoms with Crippen molar-refractivity contribution >= 4 is 27.5 Å². The summed E-state index contributed by atoms with van der Waals surface area (Å²) in [6.07, 6.45) is -4.04. The number of aryl methyl sites for hydroxylation is 3. The Morgan fingerprint density at radius 1 is 1.15 bits per heavy atom. The normalized spacial score (nSPS) is 16.5. The largest absolute Gasteiger partial charge is 0.435 e. The summed E-state index contributed by atoms with van der Waals surface area (Å²) in [4.78, 5) is 19.5. The molecule has 7 nitrogen and oxygen atoms in total. The Labute approximate surface area is 191 Å². The average molecular weight is 475 g/mol. The van der Waals surface area contributed by atoms with Crippen LogP contribution in [0.15, 0.2) is 24.3 Å². The molecule has 0 bridgehead atoms. The van der Waals surface area contributed by atoms with E-state index >= 15 is 0 Å². The summed E-state index contributed by atoms with van der Waals surface area (Å²) < 4.78 is 43.3. The van der Waals surface area contributed by atoms with Crippen LogP contribution in [0.2, 0.25) is 0 Å². The second kappa shape index (κ2) is 7.41. The maximum Gasteiger partial charge on any atom is 0.435 e. The molecule has 0 aliphatic carbocycles. The third kappa shape index (κ3) is 3.50. The van der Waals surface area contributed by atoms with E-state index in [1.165, 1.54) is 11.7 Å². The second-order valence-corrected chi connectivity index (χ2v) is 9.45. The van der Waals surface area contributed by atoms with Gasteiger partial charge in [-0.3, -0.25) is 14.2 Å². The van der Waals surface area contributed by atoms with Crippen molar-refractivity contribution in [3.05, 3.63) is 51.8 Å². The number of carbonyl (C=O) groups excluding carboxylic acids is 1. The van der Waals surface area contributed by atoms with E-state index in [9.17, 15) is 18.0 Å². The van der Waals surface area contributed by atoms with E-state index in [0.717, 1.165) is 26.9 Å². The van der Waals surface area contributed by atoms with Crippen LogP contribution in [0.1, 0.15) is 45.3 Å². The van der Waals surface area contributed by atoms with Crippen LogP contribution in [-0.4, -0.2) is 41.9 Å². The number of aromatic nitrogens is 5. The Hall–Kier alpha value is -3.21.